The molecule has 0 aliphatic rings. The first-order valence-corrected chi connectivity index (χ1v) is 9.32. The summed E-state index contributed by atoms with van der Waals surface area (Å²) in [6.07, 6.45) is 0.268. The Bertz CT molecular complexity index is 652. The van der Waals surface area contributed by atoms with Crippen molar-refractivity contribution >= 4 is 52.9 Å². The van der Waals surface area contributed by atoms with Gasteiger partial charge in [-0.25, -0.2) is 0 Å². The van der Waals surface area contributed by atoms with E-state index in [0.29, 0.717) is 10.6 Å². The van der Waals surface area contributed by atoms with E-state index in [4.69, 9.17) is 11.6 Å². The molecule has 1 heterocycles. The normalized spacial score (nSPS) is 12.4. The average molecular weight is 494 g/mol. The Balaban J connectivity index is 0.00000312. The Kier molecular flexibility index (Phi) is 10.4. The molecule has 2 N–H and O–H groups in total. The van der Waals surface area contributed by atoms with E-state index in [1.54, 1.807) is 17.4 Å². The highest BCUT2D eigenvalue weighted by atomic mass is 127. The molecular formula is C18H25ClIN3OS. The molecule has 0 saturated heterocycles. The maximum absolute atomic E-state index is 10.3. The van der Waals surface area contributed by atoms with Gasteiger partial charge in [-0.05, 0) is 30.9 Å². The van der Waals surface area contributed by atoms with Crippen LogP contribution in [0.1, 0.15) is 23.5 Å². The molecule has 1 aromatic carbocycles. The summed E-state index contributed by atoms with van der Waals surface area (Å²) in [5, 5.41) is 16.3. The van der Waals surface area contributed by atoms with Crippen molar-refractivity contribution < 1.29 is 5.11 Å². The number of halogens is 2. The number of benzene rings is 1. The third-order valence-corrected chi connectivity index (χ3v) is 4.93. The third kappa shape index (κ3) is 7.13. The lowest BCUT2D eigenvalue weighted by Gasteiger charge is -2.22. The van der Waals surface area contributed by atoms with Gasteiger partial charge >= 0.3 is 0 Å². The highest BCUT2D eigenvalue weighted by Gasteiger charge is 2.12. The largest absolute Gasteiger partial charge is 0.386 e. The van der Waals surface area contributed by atoms with E-state index >= 15 is 0 Å². The lowest BCUT2D eigenvalue weighted by molar-refractivity contribution is 0.187. The quantitative estimate of drug-likeness (QED) is 0.345. The molecule has 7 heteroatoms. The number of thiophene rings is 1. The second-order valence-corrected chi connectivity index (χ2v) is 6.92. The number of rotatable bonds is 7. The van der Waals surface area contributed by atoms with Crippen LogP contribution in [0, 0.1) is 0 Å². The zero-order chi connectivity index (χ0) is 17.4. The van der Waals surface area contributed by atoms with Crippen LogP contribution in [0.15, 0.2) is 46.8 Å². The second-order valence-electron chi connectivity index (χ2n) is 5.48. The van der Waals surface area contributed by atoms with E-state index in [9.17, 15) is 5.11 Å². The molecule has 0 amide bonds. The van der Waals surface area contributed by atoms with Gasteiger partial charge < -0.3 is 15.3 Å². The molecule has 0 spiro atoms. The van der Waals surface area contributed by atoms with Gasteiger partial charge in [0.25, 0.3) is 0 Å². The van der Waals surface area contributed by atoms with E-state index in [1.165, 1.54) is 4.88 Å². The molecular weight excluding hydrogens is 469 g/mol. The summed E-state index contributed by atoms with van der Waals surface area (Å²) in [7, 11) is 2.01. The average Bonchev–Trinajstić information content (AvgIpc) is 3.10. The molecule has 1 unspecified atom stereocenters. The molecule has 4 nitrogen and oxygen atoms in total. The molecule has 25 heavy (non-hydrogen) atoms. The second kappa shape index (κ2) is 11.7. The first-order chi connectivity index (χ1) is 11.6. The Morgan fingerprint density at radius 1 is 1.32 bits per heavy atom. The van der Waals surface area contributed by atoms with Crippen molar-refractivity contribution in [1.29, 1.82) is 0 Å². The van der Waals surface area contributed by atoms with Crippen LogP contribution >= 0.6 is 46.9 Å². The van der Waals surface area contributed by atoms with Crippen LogP contribution in [0.4, 0.5) is 0 Å². The van der Waals surface area contributed by atoms with Crippen molar-refractivity contribution in [3.63, 3.8) is 0 Å². The number of hydrogen-bond donors (Lipinski definition) is 2. The predicted octanol–water partition coefficient (Wildman–Crippen LogP) is 4.19. The standard InChI is InChI=1S/C18H24ClN3OS.HI/c1-3-20-18(22(2)11-10-14-7-6-12-24-14)21-13-17(23)15-8-4-5-9-16(15)19;/h4-9,12,17,23H,3,10-11,13H2,1-2H3,(H,20,21);1H. The van der Waals surface area contributed by atoms with Gasteiger partial charge in [0, 0.05) is 35.6 Å². The molecule has 0 fully saturated rings. The van der Waals surface area contributed by atoms with Crippen molar-refractivity contribution in [3.05, 3.63) is 57.2 Å². The van der Waals surface area contributed by atoms with Crippen LogP contribution in [0.5, 0.6) is 0 Å². The van der Waals surface area contributed by atoms with Gasteiger partial charge in [-0.15, -0.1) is 35.3 Å². The number of hydrogen-bond acceptors (Lipinski definition) is 3. The Labute approximate surface area is 175 Å². The van der Waals surface area contributed by atoms with Gasteiger partial charge in [0.15, 0.2) is 5.96 Å². The molecule has 0 radical (unpaired) electrons. The fourth-order valence-corrected chi connectivity index (χ4v) is 3.28. The molecule has 1 atom stereocenters. The van der Waals surface area contributed by atoms with E-state index in [1.807, 2.05) is 32.2 Å². The number of aliphatic imine (C=N–C) groups is 1. The fourth-order valence-electron chi connectivity index (χ4n) is 2.32. The van der Waals surface area contributed by atoms with Gasteiger partial charge in [0.2, 0.25) is 0 Å². The Morgan fingerprint density at radius 2 is 2.08 bits per heavy atom. The van der Waals surface area contributed by atoms with E-state index in [0.717, 1.165) is 25.5 Å². The number of guanidine groups is 1. The van der Waals surface area contributed by atoms with Gasteiger partial charge in [-0.1, -0.05) is 35.9 Å². The molecule has 0 bridgehead atoms. The van der Waals surface area contributed by atoms with Crippen LogP contribution in [-0.4, -0.2) is 42.6 Å². The number of likely N-dealkylation sites (N-methyl/N-ethyl adjacent to an activating group) is 1. The van der Waals surface area contributed by atoms with Crippen LogP contribution in [0.3, 0.4) is 0 Å². The van der Waals surface area contributed by atoms with Crippen LogP contribution in [0.25, 0.3) is 0 Å². The summed E-state index contributed by atoms with van der Waals surface area (Å²) in [5.41, 5.74) is 0.708. The summed E-state index contributed by atoms with van der Waals surface area (Å²) < 4.78 is 0. The minimum atomic E-state index is -0.710. The summed E-state index contributed by atoms with van der Waals surface area (Å²) in [6.45, 7) is 3.96. The van der Waals surface area contributed by atoms with Crippen molar-refractivity contribution in [2.75, 3.05) is 26.7 Å². The first kappa shape index (κ1) is 22.2. The molecule has 0 aliphatic carbocycles. The summed E-state index contributed by atoms with van der Waals surface area (Å²) in [4.78, 5) is 8.00. The zero-order valence-corrected chi connectivity index (χ0v) is 18.4. The number of aliphatic hydroxyl groups is 1. The minimum absolute atomic E-state index is 0. The van der Waals surface area contributed by atoms with Crippen LogP contribution in [-0.2, 0) is 6.42 Å². The fraction of sp³-hybridized carbons (Fsp3) is 0.389. The molecule has 2 aromatic rings. The highest BCUT2D eigenvalue weighted by molar-refractivity contribution is 14.0. The summed E-state index contributed by atoms with van der Waals surface area (Å²) in [5.74, 6) is 0.792. The van der Waals surface area contributed by atoms with E-state index < -0.39 is 6.10 Å². The van der Waals surface area contributed by atoms with E-state index in [2.05, 4.69) is 32.7 Å². The number of aliphatic hydroxyl groups excluding tert-OH is 1. The van der Waals surface area contributed by atoms with Crippen LogP contribution in [0.2, 0.25) is 5.02 Å². The third-order valence-electron chi connectivity index (χ3n) is 3.65. The van der Waals surface area contributed by atoms with Gasteiger partial charge in [-0.2, -0.15) is 0 Å². The van der Waals surface area contributed by atoms with Crippen molar-refractivity contribution in [2.24, 2.45) is 4.99 Å². The molecule has 0 saturated carbocycles. The maximum Gasteiger partial charge on any atom is 0.193 e. The molecule has 2 rings (SSSR count). The topological polar surface area (TPSA) is 47.9 Å². The van der Waals surface area contributed by atoms with Crippen molar-refractivity contribution in [3.8, 4) is 0 Å². The minimum Gasteiger partial charge on any atom is -0.386 e. The number of nitrogens with one attached hydrogen (secondary N) is 1. The lowest BCUT2D eigenvalue weighted by Crippen LogP contribution is -2.40. The first-order valence-electron chi connectivity index (χ1n) is 8.06. The highest BCUT2D eigenvalue weighted by Crippen LogP contribution is 2.22. The predicted molar refractivity (Wildman–Crippen MR) is 118 cm³/mol. The van der Waals surface area contributed by atoms with Crippen LogP contribution < -0.4 is 5.32 Å². The van der Waals surface area contributed by atoms with Crippen molar-refractivity contribution in [1.82, 2.24) is 10.2 Å². The smallest absolute Gasteiger partial charge is 0.193 e. The van der Waals surface area contributed by atoms with E-state index in [-0.39, 0.29) is 30.5 Å². The molecule has 0 aliphatic heterocycles. The summed E-state index contributed by atoms with van der Waals surface area (Å²) in [6, 6.07) is 11.5. The Hall–Kier alpha value is -0.830. The van der Waals surface area contributed by atoms with Gasteiger partial charge in [-0.3, -0.25) is 4.99 Å². The molecule has 138 valence electrons. The molecule has 1 aromatic heterocycles. The Morgan fingerprint density at radius 3 is 2.72 bits per heavy atom. The van der Waals surface area contributed by atoms with Gasteiger partial charge in [0.1, 0.15) is 6.10 Å². The summed E-state index contributed by atoms with van der Waals surface area (Å²) >= 11 is 7.90. The zero-order valence-electron chi connectivity index (χ0n) is 14.5. The van der Waals surface area contributed by atoms with Gasteiger partial charge in [0.05, 0.1) is 6.54 Å². The SMILES string of the molecule is CCNC(=NCC(O)c1ccccc1Cl)N(C)CCc1cccs1.I. The van der Waals surface area contributed by atoms with Crippen molar-refractivity contribution in [2.45, 2.75) is 19.4 Å². The number of nitrogens with zero attached hydrogens (tertiary/aromatic N) is 2. The maximum atomic E-state index is 10.3. The lowest BCUT2D eigenvalue weighted by atomic mass is 10.1. The monoisotopic (exact) mass is 493 g/mol.